The molecular weight excluding hydrogens is 366 g/mol. The van der Waals surface area contributed by atoms with E-state index in [0.717, 1.165) is 31.9 Å². The number of fused-ring (bicyclic) bond motifs is 1. The van der Waals surface area contributed by atoms with Crippen LogP contribution in [0, 0.1) is 0 Å². The normalized spacial score (nSPS) is 11.2. The summed E-state index contributed by atoms with van der Waals surface area (Å²) in [7, 11) is 0. The first kappa shape index (κ1) is 16.7. The smallest absolute Gasteiger partial charge is 0.147 e. The summed E-state index contributed by atoms with van der Waals surface area (Å²) in [6.07, 6.45) is 1.08. The van der Waals surface area contributed by atoms with Crippen molar-refractivity contribution in [2.45, 2.75) is 13.0 Å². The van der Waals surface area contributed by atoms with Gasteiger partial charge in [0.05, 0.1) is 4.70 Å². The predicted octanol–water partition coefficient (Wildman–Crippen LogP) is 5.68. The highest BCUT2D eigenvalue weighted by atomic mass is 32.1. The van der Waals surface area contributed by atoms with Crippen molar-refractivity contribution in [3.05, 3.63) is 58.8 Å². The van der Waals surface area contributed by atoms with Crippen LogP contribution in [0.15, 0.2) is 53.9 Å². The Kier molecular flexibility index (Phi) is 5.42. The molecule has 0 radical (unpaired) electrons. The minimum Gasteiger partial charge on any atom is -0.369 e. The van der Waals surface area contributed by atoms with Crippen LogP contribution in [0.2, 0.25) is 0 Å². The molecule has 0 unspecified atom stereocenters. The molecule has 25 heavy (non-hydrogen) atoms. The molecular formula is C19H19N3S3. The maximum absolute atomic E-state index is 4.50. The lowest BCUT2D eigenvalue weighted by Gasteiger charge is -2.05. The molecule has 1 aromatic carbocycles. The number of hydrogen-bond acceptors (Lipinski definition) is 6. The van der Waals surface area contributed by atoms with Crippen molar-refractivity contribution in [2.75, 3.05) is 18.4 Å². The fourth-order valence-corrected chi connectivity index (χ4v) is 5.24. The van der Waals surface area contributed by atoms with Gasteiger partial charge in [0.2, 0.25) is 0 Å². The van der Waals surface area contributed by atoms with Gasteiger partial charge in [0, 0.05) is 33.1 Å². The van der Waals surface area contributed by atoms with E-state index in [0.29, 0.717) is 0 Å². The van der Waals surface area contributed by atoms with E-state index in [4.69, 9.17) is 0 Å². The molecule has 0 amide bonds. The van der Waals surface area contributed by atoms with Gasteiger partial charge in [-0.2, -0.15) is 4.37 Å². The molecule has 3 nitrogen and oxygen atoms in total. The third-order valence-electron chi connectivity index (χ3n) is 3.93. The van der Waals surface area contributed by atoms with Crippen LogP contribution in [0.4, 0.5) is 5.82 Å². The molecule has 0 atom stereocenters. The van der Waals surface area contributed by atoms with E-state index in [9.17, 15) is 0 Å². The zero-order valence-electron chi connectivity index (χ0n) is 13.7. The molecule has 2 N–H and O–H groups in total. The zero-order chi connectivity index (χ0) is 16.9. The SMILES string of the molecule is c1csc(-c2ccc(CNCCCNc3nsc4ccccc34)s2)c1. The molecule has 6 heteroatoms. The second-order valence-electron chi connectivity index (χ2n) is 5.73. The van der Waals surface area contributed by atoms with E-state index in [1.807, 2.05) is 11.3 Å². The highest BCUT2D eigenvalue weighted by Gasteiger charge is 2.05. The first-order valence-electron chi connectivity index (χ1n) is 8.32. The Bertz CT molecular complexity index is 924. The fourth-order valence-electron chi connectivity index (χ4n) is 2.67. The lowest BCUT2D eigenvalue weighted by molar-refractivity contribution is 0.668. The number of anilines is 1. The Balaban J connectivity index is 1.19. The number of benzene rings is 1. The summed E-state index contributed by atoms with van der Waals surface area (Å²) in [4.78, 5) is 4.11. The van der Waals surface area contributed by atoms with Gasteiger partial charge in [-0.05, 0) is 60.2 Å². The molecule has 0 aliphatic rings. The Hall–Kier alpha value is -1.73. The van der Waals surface area contributed by atoms with Crippen LogP contribution in [-0.2, 0) is 6.54 Å². The summed E-state index contributed by atoms with van der Waals surface area (Å²) in [5.74, 6) is 1.01. The summed E-state index contributed by atoms with van der Waals surface area (Å²) in [5, 5.41) is 10.3. The van der Waals surface area contributed by atoms with E-state index in [1.165, 1.54) is 24.7 Å². The molecule has 0 saturated carbocycles. The number of nitrogens with zero attached hydrogens (tertiary/aromatic N) is 1. The van der Waals surface area contributed by atoms with Gasteiger partial charge >= 0.3 is 0 Å². The van der Waals surface area contributed by atoms with Crippen LogP contribution in [0.1, 0.15) is 11.3 Å². The third-order valence-corrected chi connectivity index (χ3v) is 6.90. The van der Waals surface area contributed by atoms with E-state index in [2.05, 4.69) is 68.9 Å². The molecule has 0 aliphatic carbocycles. The monoisotopic (exact) mass is 385 g/mol. The molecule has 3 heterocycles. The van der Waals surface area contributed by atoms with E-state index >= 15 is 0 Å². The average molecular weight is 386 g/mol. The van der Waals surface area contributed by atoms with Crippen LogP contribution < -0.4 is 10.6 Å². The van der Waals surface area contributed by atoms with Crippen molar-refractivity contribution in [1.29, 1.82) is 0 Å². The van der Waals surface area contributed by atoms with Crippen molar-refractivity contribution in [3.8, 4) is 9.75 Å². The molecule has 4 rings (SSSR count). The summed E-state index contributed by atoms with van der Waals surface area (Å²) in [6.45, 7) is 2.88. The van der Waals surface area contributed by atoms with Gasteiger partial charge in [-0.15, -0.1) is 22.7 Å². The van der Waals surface area contributed by atoms with Crippen LogP contribution in [-0.4, -0.2) is 17.5 Å². The van der Waals surface area contributed by atoms with Gasteiger partial charge in [-0.25, -0.2) is 0 Å². The number of thiophene rings is 2. The Labute approximate surface area is 159 Å². The summed E-state index contributed by atoms with van der Waals surface area (Å²) >= 11 is 5.23. The van der Waals surface area contributed by atoms with Gasteiger partial charge in [-0.1, -0.05) is 18.2 Å². The van der Waals surface area contributed by atoms with Gasteiger partial charge in [0.1, 0.15) is 5.82 Å². The Morgan fingerprint density at radius 2 is 1.88 bits per heavy atom. The van der Waals surface area contributed by atoms with Crippen molar-refractivity contribution < 1.29 is 0 Å². The Morgan fingerprint density at radius 3 is 2.80 bits per heavy atom. The van der Waals surface area contributed by atoms with Crippen molar-refractivity contribution in [1.82, 2.24) is 9.69 Å². The van der Waals surface area contributed by atoms with Crippen molar-refractivity contribution in [3.63, 3.8) is 0 Å². The van der Waals surface area contributed by atoms with Gasteiger partial charge in [0.15, 0.2) is 0 Å². The standard InChI is InChI=1S/C19H19N3S3/c1-2-6-16-15(5-1)19(22-25-16)21-11-4-10-20-13-14-8-9-18(24-14)17-7-3-12-23-17/h1-3,5-9,12,20H,4,10-11,13H2,(H,21,22). The number of rotatable bonds is 8. The summed E-state index contributed by atoms with van der Waals surface area (Å²) in [6, 6.07) is 17.1. The van der Waals surface area contributed by atoms with Crippen molar-refractivity contribution in [2.24, 2.45) is 0 Å². The minimum absolute atomic E-state index is 0.936. The molecule has 0 fully saturated rings. The number of aromatic nitrogens is 1. The Morgan fingerprint density at radius 1 is 0.920 bits per heavy atom. The summed E-state index contributed by atoms with van der Waals surface area (Å²) in [5.41, 5.74) is 0. The van der Waals surface area contributed by atoms with E-state index in [1.54, 1.807) is 22.9 Å². The van der Waals surface area contributed by atoms with Gasteiger partial charge in [-0.3, -0.25) is 0 Å². The third kappa shape index (κ3) is 4.10. The molecule has 4 aromatic rings. The number of nitrogens with one attached hydrogen (secondary N) is 2. The van der Waals surface area contributed by atoms with Crippen LogP contribution in [0.3, 0.4) is 0 Å². The van der Waals surface area contributed by atoms with Crippen LogP contribution >= 0.6 is 34.2 Å². The lowest BCUT2D eigenvalue weighted by atomic mass is 10.2. The molecule has 0 aliphatic heterocycles. The predicted molar refractivity (Wildman–Crippen MR) is 112 cm³/mol. The topological polar surface area (TPSA) is 37.0 Å². The summed E-state index contributed by atoms with van der Waals surface area (Å²) < 4.78 is 5.74. The second-order valence-corrected chi connectivity index (χ2v) is 8.65. The van der Waals surface area contributed by atoms with Crippen LogP contribution in [0.25, 0.3) is 19.8 Å². The molecule has 0 spiro atoms. The maximum Gasteiger partial charge on any atom is 0.147 e. The average Bonchev–Trinajstić information content (AvgIpc) is 3.38. The fraction of sp³-hybridized carbons (Fsp3) is 0.211. The maximum atomic E-state index is 4.50. The minimum atomic E-state index is 0.936. The lowest BCUT2D eigenvalue weighted by Crippen LogP contribution is -2.17. The molecule has 0 saturated heterocycles. The van der Waals surface area contributed by atoms with Crippen molar-refractivity contribution >= 4 is 50.1 Å². The largest absolute Gasteiger partial charge is 0.369 e. The van der Waals surface area contributed by atoms with E-state index in [-0.39, 0.29) is 0 Å². The molecule has 3 aromatic heterocycles. The highest BCUT2D eigenvalue weighted by Crippen LogP contribution is 2.31. The highest BCUT2D eigenvalue weighted by molar-refractivity contribution is 7.21. The van der Waals surface area contributed by atoms with E-state index < -0.39 is 0 Å². The van der Waals surface area contributed by atoms with Crippen LogP contribution in [0.5, 0.6) is 0 Å². The van der Waals surface area contributed by atoms with Gasteiger partial charge in [0.25, 0.3) is 0 Å². The molecule has 128 valence electrons. The first-order valence-corrected chi connectivity index (χ1v) is 10.8. The zero-order valence-corrected chi connectivity index (χ0v) is 16.1. The number of hydrogen-bond donors (Lipinski definition) is 2. The second kappa shape index (κ2) is 8.10. The van der Waals surface area contributed by atoms with Gasteiger partial charge < -0.3 is 10.6 Å². The molecule has 0 bridgehead atoms. The first-order chi connectivity index (χ1) is 12.4. The quantitative estimate of drug-likeness (QED) is 0.383.